The summed E-state index contributed by atoms with van der Waals surface area (Å²) in [5, 5.41) is 15.4. The van der Waals surface area contributed by atoms with Gasteiger partial charge in [-0.3, -0.25) is 4.79 Å². The normalized spacial score (nSPS) is 21.1. The number of carboxylic acids is 1. The second-order valence-corrected chi connectivity index (χ2v) is 9.68. The van der Waals surface area contributed by atoms with Crippen molar-refractivity contribution >= 4 is 17.7 Å². The molecule has 1 aromatic rings. The van der Waals surface area contributed by atoms with E-state index in [0.717, 1.165) is 50.2 Å². The number of rotatable bonds is 12. The largest absolute Gasteiger partial charge is 0.480 e. The minimum atomic E-state index is -1.05. The van der Waals surface area contributed by atoms with E-state index >= 15 is 0 Å². The highest BCUT2D eigenvalue weighted by Gasteiger charge is 2.33. The second kappa shape index (κ2) is 11.1. The monoisotopic (exact) mass is 447 g/mol. The number of pyridine rings is 1. The van der Waals surface area contributed by atoms with E-state index in [-0.39, 0.29) is 25.0 Å². The molecule has 32 heavy (non-hydrogen) atoms. The van der Waals surface area contributed by atoms with Crippen molar-refractivity contribution in [3.63, 3.8) is 0 Å². The van der Waals surface area contributed by atoms with Gasteiger partial charge in [0.1, 0.15) is 11.9 Å². The van der Waals surface area contributed by atoms with Crippen LogP contribution in [0.1, 0.15) is 57.2 Å². The number of aromatic nitrogens is 1. The first-order valence-corrected chi connectivity index (χ1v) is 11.7. The molecular weight excluding hydrogens is 410 g/mol. The number of nitrogens with one attached hydrogen (secondary N) is 2. The molecule has 0 aromatic carbocycles. The zero-order valence-electron chi connectivity index (χ0n) is 19.5. The molecule has 8 heteroatoms. The molecule has 2 aliphatic rings. The Morgan fingerprint density at radius 3 is 2.84 bits per heavy atom. The van der Waals surface area contributed by atoms with E-state index in [1.54, 1.807) is 13.8 Å². The Labute approximate surface area is 190 Å². The number of aliphatic carboxylic acids is 1. The van der Waals surface area contributed by atoms with E-state index in [1.165, 1.54) is 19.1 Å². The van der Waals surface area contributed by atoms with Crippen LogP contribution in [0.25, 0.3) is 0 Å². The number of carboxylic acid groups (broad SMARTS) is 1. The average Bonchev–Trinajstić information content (AvgIpc) is 2.73. The first kappa shape index (κ1) is 24.5. The molecule has 0 bridgehead atoms. The summed E-state index contributed by atoms with van der Waals surface area (Å²) in [6.07, 6.45) is 6.75. The van der Waals surface area contributed by atoms with Crippen molar-refractivity contribution in [1.82, 2.24) is 10.3 Å². The van der Waals surface area contributed by atoms with Crippen LogP contribution < -0.4 is 10.6 Å². The topological polar surface area (TPSA) is 110 Å². The Morgan fingerprint density at radius 1 is 1.34 bits per heavy atom. The highest BCUT2D eigenvalue weighted by molar-refractivity contribution is 5.87. The van der Waals surface area contributed by atoms with Crippen molar-refractivity contribution in [2.24, 2.45) is 11.3 Å². The quantitative estimate of drug-likeness (QED) is 0.452. The van der Waals surface area contributed by atoms with Crippen molar-refractivity contribution in [1.29, 1.82) is 0 Å². The van der Waals surface area contributed by atoms with Gasteiger partial charge >= 0.3 is 5.97 Å². The van der Waals surface area contributed by atoms with Crippen molar-refractivity contribution in [3.05, 3.63) is 23.4 Å². The third-order valence-corrected chi connectivity index (χ3v) is 6.44. The number of carbonyl (C=O) groups excluding carboxylic acids is 1. The van der Waals surface area contributed by atoms with Crippen molar-refractivity contribution in [2.45, 2.75) is 70.9 Å². The van der Waals surface area contributed by atoms with Crippen molar-refractivity contribution in [2.75, 3.05) is 32.2 Å². The van der Waals surface area contributed by atoms with E-state index in [2.05, 4.69) is 22.8 Å². The van der Waals surface area contributed by atoms with Gasteiger partial charge in [0.15, 0.2) is 0 Å². The number of aryl methyl sites for hydroxylation is 2. The van der Waals surface area contributed by atoms with Gasteiger partial charge in [0.25, 0.3) is 0 Å². The average molecular weight is 448 g/mol. The van der Waals surface area contributed by atoms with Gasteiger partial charge in [-0.25, -0.2) is 9.78 Å². The number of nitrogens with zero attached hydrogens (tertiary/aromatic N) is 1. The molecule has 0 unspecified atom stereocenters. The summed E-state index contributed by atoms with van der Waals surface area (Å²) in [5.74, 6) is 0.292. The fraction of sp³-hybridized carbons (Fsp3) is 0.708. The number of hydrogen-bond acceptors (Lipinski definition) is 6. The predicted octanol–water partition coefficient (Wildman–Crippen LogP) is 2.80. The number of carbonyl (C=O) groups is 2. The molecule has 1 aliphatic heterocycles. The van der Waals surface area contributed by atoms with E-state index in [9.17, 15) is 14.7 Å². The molecule has 0 radical (unpaired) electrons. The molecular formula is C24H37N3O5. The molecule has 3 rings (SSSR count). The zero-order chi connectivity index (χ0) is 23.1. The third-order valence-electron chi connectivity index (χ3n) is 6.44. The molecule has 1 fully saturated rings. The lowest BCUT2D eigenvalue weighted by Crippen LogP contribution is -2.48. The van der Waals surface area contributed by atoms with E-state index in [0.29, 0.717) is 12.5 Å². The van der Waals surface area contributed by atoms with Crippen LogP contribution in [-0.2, 0) is 31.9 Å². The summed E-state index contributed by atoms with van der Waals surface area (Å²) < 4.78 is 10.9. The molecule has 1 atom stereocenters. The van der Waals surface area contributed by atoms with Gasteiger partial charge in [0.05, 0.1) is 18.1 Å². The van der Waals surface area contributed by atoms with Gasteiger partial charge in [0.2, 0.25) is 5.91 Å². The molecule has 3 N–H and O–H groups in total. The van der Waals surface area contributed by atoms with Crippen LogP contribution in [0.15, 0.2) is 12.1 Å². The fourth-order valence-corrected chi connectivity index (χ4v) is 4.30. The highest BCUT2D eigenvalue weighted by Crippen LogP contribution is 2.34. The van der Waals surface area contributed by atoms with Gasteiger partial charge in [-0.05, 0) is 69.9 Å². The predicted molar refractivity (Wildman–Crippen MR) is 122 cm³/mol. The molecule has 1 amide bonds. The van der Waals surface area contributed by atoms with Crippen molar-refractivity contribution in [3.8, 4) is 0 Å². The summed E-state index contributed by atoms with van der Waals surface area (Å²) >= 11 is 0. The summed E-state index contributed by atoms with van der Waals surface area (Å²) in [6.45, 7) is 5.00. The second-order valence-electron chi connectivity index (χ2n) is 9.68. The third kappa shape index (κ3) is 6.65. The van der Waals surface area contributed by atoms with E-state index in [4.69, 9.17) is 14.5 Å². The number of hydrogen-bond donors (Lipinski definition) is 3. The standard InChI is InChI=1S/C24H37N3O5/c1-24(2,15-31-3)23(30)27-20(22(28)29)10-12-32-19-13-16(14-19)6-8-18-9-7-17-5-4-11-25-21(17)26-18/h7,9,16,19-20H,4-6,8,10-15H2,1-3H3,(H,25,26)(H,27,30)(H,28,29)/t16?,19?,20-/m0/s1. The van der Waals surface area contributed by atoms with Gasteiger partial charge in [-0.15, -0.1) is 0 Å². The molecule has 178 valence electrons. The van der Waals surface area contributed by atoms with E-state index in [1.807, 2.05) is 0 Å². The molecule has 1 aromatic heterocycles. The summed E-state index contributed by atoms with van der Waals surface area (Å²) in [7, 11) is 1.52. The highest BCUT2D eigenvalue weighted by atomic mass is 16.5. The Kier molecular flexibility index (Phi) is 8.48. The molecule has 1 saturated carbocycles. The van der Waals surface area contributed by atoms with Crippen LogP contribution in [0.3, 0.4) is 0 Å². The molecule has 1 aliphatic carbocycles. The lowest BCUT2D eigenvalue weighted by Gasteiger charge is -2.35. The number of amides is 1. The minimum absolute atomic E-state index is 0.174. The van der Waals surface area contributed by atoms with Gasteiger partial charge in [0, 0.05) is 32.4 Å². The Bertz CT molecular complexity index is 792. The van der Waals surface area contributed by atoms with Gasteiger partial charge in [-0.2, -0.15) is 0 Å². The first-order chi connectivity index (χ1) is 15.3. The Balaban J connectivity index is 1.33. The zero-order valence-corrected chi connectivity index (χ0v) is 19.5. The molecule has 8 nitrogen and oxygen atoms in total. The van der Waals surface area contributed by atoms with Crippen LogP contribution in [-0.4, -0.2) is 61.0 Å². The maximum atomic E-state index is 12.3. The van der Waals surface area contributed by atoms with Crippen LogP contribution in [0.2, 0.25) is 0 Å². The number of anilines is 1. The number of ether oxygens (including phenoxy) is 2. The summed E-state index contributed by atoms with van der Waals surface area (Å²) in [5.41, 5.74) is 1.67. The van der Waals surface area contributed by atoms with Crippen LogP contribution in [0.5, 0.6) is 0 Å². The van der Waals surface area contributed by atoms with Crippen LogP contribution in [0.4, 0.5) is 5.82 Å². The molecule has 2 heterocycles. The Hall–Kier alpha value is -2.19. The Morgan fingerprint density at radius 2 is 2.12 bits per heavy atom. The SMILES string of the molecule is COCC(C)(C)C(=O)N[C@@H](CCOC1CC(CCc2ccc3c(n2)NCCC3)C1)C(=O)O. The lowest BCUT2D eigenvalue weighted by atomic mass is 9.79. The summed E-state index contributed by atoms with van der Waals surface area (Å²) in [4.78, 5) is 28.6. The molecule has 0 spiro atoms. The van der Waals surface area contributed by atoms with Crippen molar-refractivity contribution < 1.29 is 24.2 Å². The number of fused-ring (bicyclic) bond motifs is 1. The van der Waals surface area contributed by atoms with Crippen LogP contribution >= 0.6 is 0 Å². The fourth-order valence-electron chi connectivity index (χ4n) is 4.30. The maximum Gasteiger partial charge on any atom is 0.326 e. The van der Waals surface area contributed by atoms with Crippen LogP contribution in [0, 0.1) is 11.3 Å². The van der Waals surface area contributed by atoms with Gasteiger partial charge in [-0.1, -0.05) is 6.07 Å². The lowest BCUT2D eigenvalue weighted by molar-refractivity contribution is -0.145. The van der Waals surface area contributed by atoms with Gasteiger partial charge < -0.3 is 25.2 Å². The summed E-state index contributed by atoms with van der Waals surface area (Å²) in [6, 6.07) is 3.38. The number of methoxy groups -OCH3 is 1. The first-order valence-electron chi connectivity index (χ1n) is 11.7. The smallest absolute Gasteiger partial charge is 0.326 e. The molecule has 0 saturated heterocycles. The minimum Gasteiger partial charge on any atom is -0.480 e. The van der Waals surface area contributed by atoms with E-state index < -0.39 is 17.4 Å². The maximum absolute atomic E-state index is 12.3.